The molecule has 4 aromatic rings. The van der Waals surface area contributed by atoms with E-state index < -0.39 is 0 Å². The highest BCUT2D eigenvalue weighted by atomic mass is 16.2. The van der Waals surface area contributed by atoms with Crippen molar-refractivity contribution < 1.29 is 4.79 Å². The number of rotatable bonds is 3. The van der Waals surface area contributed by atoms with Crippen molar-refractivity contribution in [1.82, 2.24) is 9.97 Å². The number of fused-ring (bicyclic) bond motifs is 1. The van der Waals surface area contributed by atoms with Gasteiger partial charge in [0.05, 0.1) is 5.52 Å². The predicted molar refractivity (Wildman–Crippen MR) is 108 cm³/mol. The Morgan fingerprint density at radius 2 is 1.48 bits per heavy atom. The summed E-state index contributed by atoms with van der Waals surface area (Å²) in [6, 6.07) is 22.6. The zero-order valence-electron chi connectivity index (χ0n) is 14.4. The SMILES string of the molecule is Nc1ncc2cc(-c3ccc(NC(=O)Nc4ccccc4)cc3)ccc2n1. The van der Waals surface area contributed by atoms with Gasteiger partial charge in [-0.2, -0.15) is 0 Å². The average Bonchev–Trinajstić information content (AvgIpc) is 2.69. The van der Waals surface area contributed by atoms with Crippen LogP contribution in [0.3, 0.4) is 0 Å². The molecule has 3 aromatic carbocycles. The van der Waals surface area contributed by atoms with E-state index >= 15 is 0 Å². The van der Waals surface area contributed by atoms with Gasteiger partial charge in [-0.25, -0.2) is 14.8 Å². The van der Waals surface area contributed by atoms with Crippen molar-refractivity contribution >= 4 is 34.3 Å². The van der Waals surface area contributed by atoms with Crippen molar-refractivity contribution in [1.29, 1.82) is 0 Å². The van der Waals surface area contributed by atoms with Crippen LogP contribution >= 0.6 is 0 Å². The Labute approximate surface area is 156 Å². The van der Waals surface area contributed by atoms with Crippen LogP contribution in [0.5, 0.6) is 0 Å². The molecule has 4 rings (SSSR count). The monoisotopic (exact) mass is 355 g/mol. The van der Waals surface area contributed by atoms with E-state index in [1.807, 2.05) is 72.8 Å². The van der Waals surface area contributed by atoms with Crippen molar-refractivity contribution in [2.75, 3.05) is 16.4 Å². The maximum atomic E-state index is 12.1. The second kappa shape index (κ2) is 7.13. The number of nitrogens with two attached hydrogens (primary N) is 1. The summed E-state index contributed by atoms with van der Waals surface area (Å²) in [5, 5.41) is 6.53. The van der Waals surface area contributed by atoms with Crippen LogP contribution in [0.4, 0.5) is 22.1 Å². The van der Waals surface area contributed by atoms with Crippen molar-refractivity contribution in [3.8, 4) is 11.1 Å². The molecule has 0 radical (unpaired) electrons. The first-order valence-electron chi connectivity index (χ1n) is 8.43. The molecular formula is C21H17N5O. The van der Waals surface area contributed by atoms with Gasteiger partial charge in [-0.3, -0.25) is 0 Å². The van der Waals surface area contributed by atoms with Gasteiger partial charge in [0, 0.05) is 23.0 Å². The van der Waals surface area contributed by atoms with E-state index in [1.165, 1.54) is 0 Å². The number of hydrogen-bond donors (Lipinski definition) is 3. The van der Waals surface area contributed by atoms with Crippen LogP contribution in [0.1, 0.15) is 0 Å². The molecule has 0 aliphatic rings. The van der Waals surface area contributed by atoms with E-state index in [9.17, 15) is 4.79 Å². The second-order valence-electron chi connectivity index (χ2n) is 6.02. The molecule has 0 aliphatic carbocycles. The fraction of sp³-hybridized carbons (Fsp3) is 0. The quantitative estimate of drug-likeness (QED) is 0.503. The third-order valence-electron chi connectivity index (χ3n) is 4.11. The van der Waals surface area contributed by atoms with E-state index in [0.29, 0.717) is 5.69 Å². The van der Waals surface area contributed by atoms with E-state index in [-0.39, 0.29) is 12.0 Å². The van der Waals surface area contributed by atoms with Crippen molar-refractivity contribution in [2.45, 2.75) is 0 Å². The number of urea groups is 1. The molecule has 6 heteroatoms. The minimum absolute atomic E-state index is 0.263. The first-order valence-corrected chi connectivity index (χ1v) is 8.43. The largest absolute Gasteiger partial charge is 0.368 e. The molecule has 0 unspecified atom stereocenters. The molecule has 6 nitrogen and oxygen atoms in total. The fourth-order valence-corrected chi connectivity index (χ4v) is 2.79. The molecule has 0 fully saturated rings. The molecule has 2 amide bonds. The van der Waals surface area contributed by atoms with Gasteiger partial charge in [-0.1, -0.05) is 36.4 Å². The highest BCUT2D eigenvalue weighted by Gasteiger charge is 2.05. The van der Waals surface area contributed by atoms with E-state index in [0.717, 1.165) is 27.7 Å². The number of amides is 2. The lowest BCUT2D eigenvalue weighted by molar-refractivity contribution is 0.262. The van der Waals surface area contributed by atoms with Crippen LogP contribution in [-0.2, 0) is 0 Å². The van der Waals surface area contributed by atoms with Gasteiger partial charge >= 0.3 is 6.03 Å². The molecule has 0 bridgehead atoms. The molecule has 132 valence electrons. The fourth-order valence-electron chi connectivity index (χ4n) is 2.79. The van der Waals surface area contributed by atoms with Crippen LogP contribution in [0, 0.1) is 0 Å². The Morgan fingerprint density at radius 1 is 0.815 bits per heavy atom. The van der Waals surface area contributed by atoms with Crippen molar-refractivity contribution in [3.63, 3.8) is 0 Å². The summed E-state index contributed by atoms with van der Waals surface area (Å²) in [6.45, 7) is 0. The molecule has 4 N–H and O–H groups in total. The Hall–Kier alpha value is -3.93. The maximum absolute atomic E-state index is 12.1. The van der Waals surface area contributed by atoms with E-state index in [4.69, 9.17) is 5.73 Å². The minimum Gasteiger partial charge on any atom is -0.368 e. The second-order valence-corrected chi connectivity index (χ2v) is 6.02. The zero-order valence-corrected chi connectivity index (χ0v) is 14.4. The standard InChI is InChI=1S/C21H17N5O/c22-20-23-13-16-12-15(8-11-19(16)26-20)14-6-9-18(10-7-14)25-21(27)24-17-4-2-1-3-5-17/h1-13H,(H2,22,23,26)(H2,24,25,27). The summed E-state index contributed by atoms with van der Waals surface area (Å²) in [5.41, 5.74) is 9.95. The lowest BCUT2D eigenvalue weighted by Gasteiger charge is -2.09. The average molecular weight is 355 g/mol. The Morgan fingerprint density at radius 3 is 2.22 bits per heavy atom. The number of nitrogens with zero attached hydrogens (tertiary/aromatic N) is 2. The number of benzene rings is 3. The number of nitrogens with one attached hydrogen (secondary N) is 2. The molecule has 0 aliphatic heterocycles. The molecular weight excluding hydrogens is 338 g/mol. The third-order valence-corrected chi connectivity index (χ3v) is 4.11. The maximum Gasteiger partial charge on any atom is 0.323 e. The van der Waals surface area contributed by atoms with Gasteiger partial charge in [-0.05, 0) is 47.5 Å². The van der Waals surface area contributed by atoms with Gasteiger partial charge in [0.1, 0.15) is 0 Å². The number of carbonyl (C=O) groups excluding carboxylic acids is 1. The highest BCUT2D eigenvalue weighted by molar-refractivity contribution is 5.99. The first kappa shape index (κ1) is 16.5. The van der Waals surface area contributed by atoms with Crippen LogP contribution in [-0.4, -0.2) is 16.0 Å². The Kier molecular flexibility index (Phi) is 4.37. The molecule has 0 spiro atoms. The molecule has 0 saturated heterocycles. The van der Waals surface area contributed by atoms with E-state index in [2.05, 4.69) is 20.6 Å². The van der Waals surface area contributed by atoms with Crippen LogP contribution in [0.2, 0.25) is 0 Å². The molecule has 27 heavy (non-hydrogen) atoms. The summed E-state index contributed by atoms with van der Waals surface area (Å²) >= 11 is 0. The smallest absolute Gasteiger partial charge is 0.323 e. The summed E-state index contributed by atoms with van der Waals surface area (Å²) < 4.78 is 0. The summed E-state index contributed by atoms with van der Waals surface area (Å²) in [7, 11) is 0. The molecule has 1 aromatic heterocycles. The summed E-state index contributed by atoms with van der Waals surface area (Å²) in [6.07, 6.45) is 1.71. The Balaban J connectivity index is 1.48. The van der Waals surface area contributed by atoms with Crippen LogP contribution < -0.4 is 16.4 Å². The predicted octanol–water partition coefficient (Wildman–Crippen LogP) is 4.52. The number of aromatic nitrogens is 2. The molecule has 1 heterocycles. The zero-order chi connectivity index (χ0) is 18.6. The molecule has 0 saturated carbocycles. The van der Waals surface area contributed by atoms with Crippen molar-refractivity contribution in [2.24, 2.45) is 0 Å². The number of hydrogen-bond acceptors (Lipinski definition) is 4. The van der Waals surface area contributed by atoms with Crippen LogP contribution in [0.15, 0.2) is 79.0 Å². The van der Waals surface area contributed by atoms with Crippen molar-refractivity contribution in [3.05, 3.63) is 79.0 Å². The number of carbonyl (C=O) groups is 1. The van der Waals surface area contributed by atoms with Gasteiger partial charge < -0.3 is 16.4 Å². The minimum atomic E-state index is -0.283. The lowest BCUT2D eigenvalue weighted by atomic mass is 10.0. The van der Waals surface area contributed by atoms with Gasteiger partial charge in [0.15, 0.2) is 0 Å². The van der Waals surface area contributed by atoms with E-state index in [1.54, 1.807) is 6.20 Å². The number of nitrogen functional groups attached to an aromatic ring is 1. The Bertz CT molecular complexity index is 1090. The van der Waals surface area contributed by atoms with Crippen LogP contribution in [0.25, 0.3) is 22.0 Å². The summed E-state index contributed by atoms with van der Waals surface area (Å²) in [4.78, 5) is 20.3. The lowest BCUT2D eigenvalue weighted by Crippen LogP contribution is -2.19. The number of anilines is 3. The van der Waals surface area contributed by atoms with Gasteiger partial charge in [0.25, 0.3) is 0 Å². The topological polar surface area (TPSA) is 92.9 Å². The van der Waals surface area contributed by atoms with Gasteiger partial charge in [-0.15, -0.1) is 0 Å². The summed E-state index contributed by atoms with van der Waals surface area (Å²) in [5.74, 6) is 0.263. The number of para-hydroxylation sites is 1. The highest BCUT2D eigenvalue weighted by Crippen LogP contribution is 2.25. The molecule has 0 atom stereocenters. The van der Waals surface area contributed by atoms with Gasteiger partial charge in [0.2, 0.25) is 5.95 Å². The third kappa shape index (κ3) is 3.85. The first-order chi connectivity index (χ1) is 13.2. The normalized spacial score (nSPS) is 10.5.